The molecule has 0 radical (unpaired) electrons. The molecule has 1 aliphatic carbocycles. The molecule has 0 spiro atoms. The number of rotatable bonds is 13. The molecule has 0 aromatic heterocycles. The van der Waals surface area contributed by atoms with E-state index >= 15 is 0 Å². The maximum Gasteiger partial charge on any atom is 0.307 e. The summed E-state index contributed by atoms with van der Waals surface area (Å²) in [5.41, 5.74) is 0. The Labute approximate surface area is 153 Å². The van der Waals surface area contributed by atoms with E-state index in [9.17, 15) is 9.59 Å². The molecule has 0 N–H and O–H groups in total. The van der Waals surface area contributed by atoms with Gasteiger partial charge in [0.2, 0.25) is 0 Å². The maximum atomic E-state index is 11.9. The third kappa shape index (κ3) is 10.5. The van der Waals surface area contributed by atoms with Crippen LogP contribution >= 0.6 is 0 Å². The van der Waals surface area contributed by atoms with Gasteiger partial charge in [-0.2, -0.15) is 0 Å². The van der Waals surface area contributed by atoms with Gasteiger partial charge in [-0.3, -0.25) is 14.5 Å². The normalized spacial score (nSPS) is 15.3. The van der Waals surface area contributed by atoms with E-state index in [0.29, 0.717) is 45.2 Å². The van der Waals surface area contributed by atoms with Gasteiger partial charge in [0.1, 0.15) is 0 Å². The van der Waals surface area contributed by atoms with E-state index < -0.39 is 0 Å². The zero-order chi connectivity index (χ0) is 18.3. The second kappa shape index (κ2) is 14.1. The Morgan fingerprint density at radius 1 is 0.840 bits per heavy atom. The van der Waals surface area contributed by atoms with Crippen molar-refractivity contribution in [1.29, 1.82) is 0 Å². The summed E-state index contributed by atoms with van der Waals surface area (Å²) in [6, 6.07) is 0.487. The third-order valence-electron chi connectivity index (χ3n) is 4.82. The zero-order valence-corrected chi connectivity index (χ0v) is 16.3. The monoisotopic (exact) mass is 355 g/mol. The van der Waals surface area contributed by atoms with Crippen LogP contribution in [0, 0.1) is 0 Å². The van der Waals surface area contributed by atoms with Crippen LogP contribution in [-0.4, -0.2) is 49.2 Å². The summed E-state index contributed by atoms with van der Waals surface area (Å²) in [5, 5.41) is 0. The van der Waals surface area contributed by atoms with Crippen molar-refractivity contribution >= 4 is 11.9 Å². The van der Waals surface area contributed by atoms with Crippen LogP contribution < -0.4 is 0 Å². The molecule has 0 aromatic rings. The summed E-state index contributed by atoms with van der Waals surface area (Å²) in [4.78, 5) is 26.1. The Morgan fingerprint density at radius 2 is 1.32 bits per heavy atom. The summed E-state index contributed by atoms with van der Waals surface area (Å²) < 4.78 is 10.5. The van der Waals surface area contributed by atoms with Crippen molar-refractivity contribution in [2.45, 2.75) is 90.5 Å². The Hall–Kier alpha value is -1.10. The van der Waals surface area contributed by atoms with Gasteiger partial charge < -0.3 is 9.47 Å². The van der Waals surface area contributed by atoms with Gasteiger partial charge >= 0.3 is 11.9 Å². The molecule has 5 nitrogen and oxygen atoms in total. The topological polar surface area (TPSA) is 55.8 Å². The van der Waals surface area contributed by atoms with Crippen molar-refractivity contribution in [3.63, 3.8) is 0 Å². The average molecular weight is 356 g/mol. The third-order valence-corrected chi connectivity index (χ3v) is 4.82. The molecule has 1 rings (SSSR count). The van der Waals surface area contributed by atoms with E-state index in [1.54, 1.807) is 0 Å². The van der Waals surface area contributed by atoms with Crippen LogP contribution in [-0.2, 0) is 19.1 Å². The molecule has 0 aliphatic heterocycles. The van der Waals surface area contributed by atoms with Crippen LogP contribution in [0.2, 0.25) is 0 Å². The second-order valence-electron chi connectivity index (χ2n) is 6.98. The Kier molecular flexibility index (Phi) is 12.4. The first-order valence-electron chi connectivity index (χ1n) is 10.2. The standard InChI is InChI=1S/C20H37NO4/c1-3-5-16-24-19(22)12-14-21(18-10-8-7-9-11-18)15-13-20(23)25-17-6-4-2/h18H,3-17H2,1-2H3. The fourth-order valence-electron chi connectivity index (χ4n) is 3.20. The number of nitrogens with zero attached hydrogens (tertiary/aromatic N) is 1. The van der Waals surface area contributed by atoms with E-state index in [-0.39, 0.29) is 11.9 Å². The highest BCUT2D eigenvalue weighted by Crippen LogP contribution is 2.23. The number of hydrogen-bond donors (Lipinski definition) is 0. The highest BCUT2D eigenvalue weighted by Gasteiger charge is 2.22. The number of unbranched alkanes of at least 4 members (excludes halogenated alkanes) is 2. The molecule has 0 bridgehead atoms. The summed E-state index contributed by atoms with van der Waals surface area (Å²) in [7, 11) is 0. The fourth-order valence-corrected chi connectivity index (χ4v) is 3.20. The maximum absolute atomic E-state index is 11.9. The first-order valence-corrected chi connectivity index (χ1v) is 10.2. The van der Waals surface area contributed by atoms with Gasteiger partial charge in [-0.05, 0) is 25.7 Å². The summed E-state index contributed by atoms with van der Waals surface area (Å²) in [6.07, 6.45) is 10.8. The number of esters is 2. The lowest BCUT2D eigenvalue weighted by Gasteiger charge is -2.34. The van der Waals surface area contributed by atoms with E-state index in [1.807, 2.05) is 0 Å². The highest BCUT2D eigenvalue weighted by atomic mass is 16.5. The van der Waals surface area contributed by atoms with Gasteiger partial charge in [-0.15, -0.1) is 0 Å². The molecular formula is C20H37NO4. The first kappa shape index (κ1) is 21.9. The number of hydrogen-bond acceptors (Lipinski definition) is 5. The molecule has 0 saturated heterocycles. The molecule has 1 saturated carbocycles. The van der Waals surface area contributed by atoms with Gasteiger partial charge in [-0.25, -0.2) is 0 Å². The fraction of sp³-hybridized carbons (Fsp3) is 0.900. The smallest absolute Gasteiger partial charge is 0.307 e. The number of carbonyl (C=O) groups excluding carboxylic acids is 2. The minimum Gasteiger partial charge on any atom is -0.466 e. The van der Waals surface area contributed by atoms with Gasteiger partial charge in [0, 0.05) is 19.1 Å². The predicted molar refractivity (Wildman–Crippen MR) is 99.4 cm³/mol. The predicted octanol–water partition coefficient (Wildman–Crippen LogP) is 4.09. The Morgan fingerprint density at radius 3 is 1.76 bits per heavy atom. The number of ether oxygens (including phenoxy) is 2. The van der Waals surface area contributed by atoms with Crippen molar-refractivity contribution < 1.29 is 19.1 Å². The van der Waals surface area contributed by atoms with Crippen LogP contribution in [0.5, 0.6) is 0 Å². The zero-order valence-electron chi connectivity index (χ0n) is 16.3. The van der Waals surface area contributed by atoms with E-state index in [1.165, 1.54) is 19.3 Å². The van der Waals surface area contributed by atoms with E-state index in [4.69, 9.17) is 9.47 Å². The molecule has 25 heavy (non-hydrogen) atoms. The van der Waals surface area contributed by atoms with Crippen LogP contribution in [0.4, 0.5) is 0 Å². The largest absolute Gasteiger partial charge is 0.466 e. The lowest BCUT2D eigenvalue weighted by Crippen LogP contribution is -2.39. The SMILES string of the molecule is CCCCOC(=O)CCN(CCC(=O)OCCCC)C1CCCCC1. The molecule has 1 fully saturated rings. The van der Waals surface area contributed by atoms with Crippen molar-refractivity contribution in [2.75, 3.05) is 26.3 Å². The Bertz CT molecular complexity index is 341. The molecular weight excluding hydrogens is 318 g/mol. The molecule has 146 valence electrons. The lowest BCUT2D eigenvalue weighted by atomic mass is 9.94. The summed E-state index contributed by atoms with van der Waals surface area (Å²) in [6.45, 7) is 6.55. The molecule has 0 unspecified atom stereocenters. The second-order valence-corrected chi connectivity index (χ2v) is 6.98. The highest BCUT2D eigenvalue weighted by molar-refractivity contribution is 5.70. The van der Waals surface area contributed by atoms with Gasteiger partial charge in [-0.1, -0.05) is 46.0 Å². The average Bonchev–Trinajstić information content (AvgIpc) is 2.63. The van der Waals surface area contributed by atoms with Crippen LogP contribution in [0.15, 0.2) is 0 Å². The Balaban J connectivity index is 2.38. The quantitative estimate of drug-likeness (QED) is 0.368. The molecule has 0 atom stereocenters. The van der Waals surface area contributed by atoms with Crippen LogP contribution in [0.1, 0.15) is 84.5 Å². The van der Waals surface area contributed by atoms with Crippen molar-refractivity contribution in [1.82, 2.24) is 4.90 Å². The molecule has 0 aromatic carbocycles. The lowest BCUT2D eigenvalue weighted by molar-refractivity contribution is -0.144. The van der Waals surface area contributed by atoms with E-state index in [2.05, 4.69) is 18.7 Å². The first-order chi connectivity index (χ1) is 12.2. The molecule has 1 aliphatic rings. The molecule has 0 heterocycles. The van der Waals surface area contributed by atoms with E-state index in [0.717, 1.165) is 38.5 Å². The minimum atomic E-state index is -0.125. The summed E-state index contributed by atoms with van der Waals surface area (Å²) in [5.74, 6) is -0.250. The van der Waals surface area contributed by atoms with Crippen molar-refractivity contribution in [3.8, 4) is 0 Å². The van der Waals surface area contributed by atoms with Gasteiger partial charge in [0.05, 0.1) is 26.1 Å². The minimum absolute atomic E-state index is 0.125. The van der Waals surface area contributed by atoms with Crippen LogP contribution in [0.25, 0.3) is 0 Å². The van der Waals surface area contributed by atoms with Crippen molar-refractivity contribution in [2.24, 2.45) is 0 Å². The molecule has 5 heteroatoms. The van der Waals surface area contributed by atoms with Crippen molar-refractivity contribution in [3.05, 3.63) is 0 Å². The number of carbonyl (C=O) groups is 2. The van der Waals surface area contributed by atoms with Gasteiger partial charge in [0.15, 0.2) is 0 Å². The molecule has 0 amide bonds. The van der Waals surface area contributed by atoms with Gasteiger partial charge in [0.25, 0.3) is 0 Å². The summed E-state index contributed by atoms with van der Waals surface area (Å²) >= 11 is 0. The van der Waals surface area contributed by atoms with Crippen LogP contribution in [0.3, 0.4) is 0 Å².